The zero-order valence-electron chi connectivity index (χ0n) is 11.4. The monoisotopic (exact) mass is 259 g/mol. The molecule has 1 aromatic carbocycles. The van der Waals surface area contributed by atoms with Crippen molar-refractivity contribution in [2.75, 3.05) is 0 Å². The van der Waals surface area contributed by atoms with Crippen LogP contribution in [0.15, 0.2) is 24.3 Å². The van der Waals surface area contributed by atoms with Gasteiger partial charge in [-0.05, 0) is 61.8 Å². The van der Waals surface area contributed by atoms with Crippen molar-refractivity contribution in [1.29, 1.82) is 0 Å². The second-order valence-electron chi connectivity index (χ2n) is 5.27. The van der Waals surface area contributed by atoms with Crippen LogP contribution in [0.25, 0.3) is 5.57 Å². The summed E-state index contributed by atoms with van der Waals surface area (Å²) in [7, 11) is 0. The van der Waals surface area contributed by atoms with Gasteiger partial charge in [0.1, 0.15) is 0 Å². The molecule has 0 aromatic heterocycles. The molecule has 0 aliphatic heterocycles. The highest BCUT2D eigenvalue weighted by molar-refractivity contribution is 5.98. The summed E-state index contributed by atoms with van der Waals surface area (Å²) in [6, 6.07) is 5.66. The maximum atomic E-state index is 11.5. The Morgan fingerprint density at radius 2 is 2.21 bits per heavy atom. The highest BCUT2D eigenvalue weighted by atomic mass is 16.3. The zero-order chi connectivity index (χ0) is 13.8. The van der Waals surface area contributed by atoms with Crippen LogP contribution in [-0.2, 0) is 6.42 Å². The highest BCUT2D eigenvalue weighted by Gasteiger charge is 2.15. The van der Waals surface area contributed by atoms with Gasteiger partial charge in [-0.25, -0.2) is 0 Å². The van der Waals surface area contributed by atoms with Crippen LogP contribution >= 0.6 is 0 Å². The molecule has 0 spiro atoms. The summed E-state index contributed by atoms with van der Waals surface area (Å²) in [5, 5.41) is 9.48. The fourth-order valence-electron chi connectivity index (χ4n) is 2.62. The lowest BCUT2D eigenvalue weighted by molar-refractivity contribution is 0.1000. The topological polar surface area (TPSA) is 63.3 Å². The fourth-order valence-corrected chi connectivity index (χ4v) is 2.62. The first-order valence-electron chi connectivity index (χ1n) is 6.88. The molecule has 1 unspecified atom stereocenters. The van der Waals surface area contributed by atoms with Crippen LogP contribution in [0, 0.1) is 0 Å². The summed E-state index contributed by atoms with van der Waals surface area (Å²) in [5.41, 5.74) is 9.25. The fraction of sp³-hybridized carbons (Fsp3) is 0.438. The van der Waals surface area contributed by atoms with Gasteiger partial charge in [0.25, 0.3) is 0 Å². The first-order valence-corrected chi connectivity index (χ1v) is 6.88. The third-order valence-electron chi connectivity index (χ3n) is 3.52. The van der Waals surface area contributed by atoms with Crippen LogP contribution in [0.4, 0.5) is 0 Å². The Balaban J connectivity index is 2.41. The number of aliphatic hydroxyl groups is 1. The van der Waals surface area contributed by atoms with E-state index < -0.39 is 0 Å². The van der Waals surface area contributed by atoms with Gasteiger partial charge in [-0.1, -0.05) is 18.2 Å². The van der Waals surface area contributed by atoms with Crippen molar-refractivity contribution < 1.29 is 9.90 Å². The van der Waals surface area contributed by atoms with Crippen molar-refractivity contribution in [3.8, 4) is 0 Å². The van der Waals surface area contributed by atoms with Crippen molar-refractivity contribution in [2.24, 2.45) is 5.73 Å². The first-order chi connectivity index (χ1) is 9.08. The lowest BCUT2D eigenvalue weighted by Crippen LogP contribution is -2.15. The van der Waals surface area contributed by atoms with E-state index in [4.69, 9.17) is 5.73 Å². The molecule has 3 heteroatoms. The molecule has 0 radical (unpaired) electrons. The first kappa shape index (κ1) is 13.8. The summed E-state index contributed by atoms with van der Waals surface area (Å²) in [6.07, 6.45) is 6.85. The number of nitrogens with two attached hydrogens (primary N) is 1. The van der Waals surface area contributed by atoms with E-state index in [2.05, 4.69) is 6.08 Å². The number of amides is 1. The van der Waals surface area contributed by atoms with Crippen molar-refractivity contribution in [3.05, 3.63) is 41.0 Å². The molecule has 0 bridgehead atoms. The molecule has 1 atom stereocenters. The Labute approximate surface area is 114 Å². The Morgan fingerprint density at radius 3 is 2.79 bits per heavy atom. The minimum absolute atomic E-state index is 0.382. The second-order valence-corrected chi connectivity index (χ2v) is 5.27. The largest absolute Gasteiger partial charge is 0.393 e. The third-order valence-corrected chi connectivity index (χ3v) is 3.52. The maximum absolute atomic E-state index is 11.5. The van der Waals surface area contributed by atoms with Gasteiger partial charge in [0.15, 0.2) is 0 Å². The van der Waals surface area contributed by atoms with Crippen LogP contribution in [-0.4, -0.2) is 17.1 Å². The van der Waals surface area contributed by atoms with Crippen LogP contribution in [0.5, 0.6) is 0 Å². The van der Waals surface area contributed by atoms with E-state index in [1.807, 2.05) is 12.1 Å². The van der Waals surface area contributed by atoms with Gasteiger partial charge in [0, 0.05) is 5.56 Å². The lowest BCUT2D eigenvalue weighted by atomic mass is 9.89. The highest BCUT2D eigenvalue weighted by Crippen LogP contribution is 2.30. The number of rotatable bonds is 4. The van der Waals surface area contributed by atoms with E-state index in [0.717, 1.165) is 30.4 Å². The average molecular weight is 259 g/mol. The van der Waals surface area contributed by atoms with Crippen molar-refractivity contribution >= 4 is 11.5 Å². The Bertz CT molecular complexity index is 503. The smallest absolute Gasteiger partial charge is 0.249 e. The molecule has 19 heavy (non-hydrogen) atoms. The van der Waals surface area contributed by atoms with Gasteiger partial charge in [-0.3, -0.25) is 4.79 Å². The number of hydrogen-bond acceptors (Lipinski definition) is 2. The molecular weight excluding hydrogens is 238 g/mol. The number of carbonyl (C=O) groups is 1. The summed E-state index contributed by atoms with van der Waals surface area (Å²) in [6.45, 7) is 1.77. The van der Waals surface area contributed by atoms with Gasteiger partial charge >= 0.3 is 0 Å². The Kier molecular flexibility index (Phi) is 4.38. The molecular formula is C16H21NO2. The number of allylic oxidation sites excluding steroid dienone is 2. The van der Waals surface area contributed by atoms with E-state index in [0.29, 0.717) is 12.0 Å². The summed E-state index contributed by atoms with van der Waals surface area (Å²) in [4.78, 5) is 11.5. The van der Waals surface area contributed by atoms with Gasteiger partial charge in [0.2, 0.25) is 5.91 Å². The van der Waals surface area contributed by atoms with Crippen LogP contribution < -0.4 is 5.73 Å². The quantitative estimate of drug-likeness (QED) is 0.873. The summed E-state index contributed by atoms with van der Waals surface area (Å²) >= 11 is 0. The predicted molar refractivity (Wildman–Crippen MR) is 76.8 cm³/mol. The van der Waals surface area contributed by atoms with E-state index in [1.54, 1.807) is 13.0 Å². The van der Waals surface area contributed by atoms with Gasteiger partial charge in [-0.15, -0.1) is 0 Å². The zero-order valence-corrected chi connectivity index (χ0v) is 11.4. The molecule has 0 saturated heterocycles. The van der Waals surface area contributed by atoms with E-state index in [-0.39, 0.29) is 12.0 Å². The number of primary amides is 1. The average Bonchev–Trinajstić information content (AvgIpc) is 2.38. The molecule has 2 rings (SSSR count). The molecule has 1 aliphatic rings. The lowest BCUT2D eigenvalue weighted by Gasteiger charge is -2.17. The predicted octanol–water partition coefficient (Wildman–Crippen LogP) is 2.67. The number of hydrogen-bond donors (Lipinski definition) is 2. The third kappa shape index (κ3) is 3.44. The molecule has 1 amide bonds. The molecule has 1 aromatic rings. The number of aliphatic hydroxyl groups excluding tert-OH is 1. The normalized spacial score (nSPS) is 16.8. The summed E-state index contributed by atoms with van der Waals surface area (Å²) in [5.74, 6) is -0.384. The van der Waals surface area contributed by atoms with Crippen LogP contribution in [0.2, 0.25) is 0 Å². The maximum Gasteiger partial charge on any atom is 0.249 e. The van der Waals surface area contributed by atoms with E-state index in [1.165, 1.54) is 12.0 Å². The molecule has 3 N–H and O–H groups in total. The van der Waals surface area contributed by atoms with Crippen molar-refractivity contribution in [2.45, 2.75) is 45.1 Å². The number of benzene rings is 1. The van der Waals surface area contributed by atoms with Crippen molar-refractivity contribution in [3.63, 3.8) is 0 Å². The molecule has 0 saturated carbocycles. The van der Waals surface area contributed by atoms with Gasteiger partial charge in [0.05, 0.1) is 6.10 Å². The van der Waals surface area contributed by atoms with E-state index >= 15 is 0 Å². The molecule has 102 valence electrons. The SMILES string of the molecule is CC(O)Cc1ccc(C(N)=O)c(C2=CCCCC2)c1. The molecule has 1 aliphatic carbocycles. The van der Waals surface area contributed by atoms with Crippen LogP contribution in [0.3, 0.4) is 0 Å². The standard InChI is InChI=1S/C16H21NO2/c1-11(18)9-12-7-8-14(16(17)19)15(10-12)13-5-3-2-4-6-13/h5,7-8,10-11,18H,2-4,6,9H2,1H3,(H2,17,19). The number of carbonyl (C=O) groups excluding carboxylic acids is 1. The van der Waals surface area contributed by atoms with Gasteiger partial charge in [-0.2, -0.15) is 0 Å². The minimum Gasteiger partial charge on any atom is -0.393 e. The second kappa shape index (κ2) is 6.02. The van der Waals surface area contributed by atoms with E-state index in [9.17, 15) is 9.90 Å². The minimum atomic E-state index is -0.384. The van der Waals surface area contributed by atoms with Crippen molar-refractivity contribution in [1.82, 2.24) is 0 Å². The molecule has 0 heterocycles. The Hall–Kier alpha value is -1.61. The molecule has 3 nitrogen and oxygen atoms in total. The molecule has 0 fully saturated rings. The Morgan fingerprint density at radius 1 is 1.42 bits per heavy atom. The van der Waals surface area contributed by atoms with Crippen LogP contribution in [0.1, 0.15) is 54.1 Å². The van der Waals surface area contributed by atoms with Gasteiger partial charge < -0.3 is 10.8 Å². The summed E-state index contributed by atoms with van der Waals surface area (Å²) < 4.78 is 0.